The molecule has 31 heavy (non-hydrogen) atoms. The van der Waals surface area contributed by atoms with Crippen LogP contribution in [0.3, 0.4) is 0 Å². The number of alkyl halides is 2. The number of benzene rings is 1. The lowest BCUT2D eigenvalue weighted by molar-refractivity contribution is -0.0514. The molecule has 1 unspecified atom stereocenters. The maximum Gasteiger partial charge on any atom is 0.387 e. The maximum atomic E-state index is 12.6. The molecule has 1 aromatic rings. The number of rotatable bonds is 14. The first-order valence-corrected chi connectivity index (χ1v) is 10.9. The van der Waals surface area contributed by atoms with Gasteiger partial charge in [0.25, 0.3) is 0 Å². The van der Waals surface area contributed by atoms with Gasteiger partial charge in [0.1, 0.15) is 0 Å². The molecule has 2 N–H and O–H groups in total. The van der Waals surface area contributed by atoms with Crippen molar-refractivity contribution in [1.82, 2.24) is 15.5 Å². The second-order valence-corrected chi connectivity index (χ2v) is 7.00. The number of hydrogen-bond acceptors (Lipinski definition) is 4. The van der Waals surface area contributed by atoms with E-state index >= 15 is 0 Å². The predicted molar refractivity (Wildman–Crippen MR) is 134 cm³/mol. The molecule has 0 aliphatic rings. The maximum absolute atomic E-state index is 12.6. The van der Waals surface area contributed by atoms with Crippen LogP contribution in [-0.2, 0) is 6.54 Å². The zero-order valence-electron chi connectivity index (χ0n) is 19.4. The van der Waals surface area contributed by atoms with Crippen molar-refractivity contribution in [3.8, 4) is 11.5 Å². The van der Waals surface area contributed by atoms with Gasteiger partial charge in [0.05, 0.1) is 13.2 Å². The summed E-state index contributed by atoms with van der Waals surface area (Å²) in [5.74, 6) is 1.07. The smallest absolute Gasteiger partial charge is 0.387 e. The van der Waals surface area contributed by atoms with Gasteiger partial charge >= 0.3 is 6.61 Å². The Balaban J connectivity index is 0.00000900. The van der Waals surface area contributed by atoms with Crippen molar-refractivity contribution in [2.24, 2.45) is 4.99 Å². The van der Waals surface area contributed by atoms with Crippen LogP contribution >= 0.6 is 24.0 Å². The number of guanidine groups is 1. The Morgan fingerprint density at radius 1 is 1.13 bits per heavy atom. The summed E-state index contributed by atoms with van der Waals surface area (Å²) in [5, 5.41) is 6.70. The molecule has 1 atom stereocenters. The zero-order chi connectivity index (χ0) is 22.4. The van der Waals surface area contributed by atoms with E-state index in [2.05, 4.69) is 46.0 Å². The van der Waals surface area contributed by atoms with E-state index in [1.165, 1.54) is 6.07 Å². The third-order valence-corrected chi connectivity index (χ3v) is 4.68. The van der Waals surface area contributed by atoms with Gasteiger partial charge in [-0.1, -0.05) is 19.9 Å². The van der Waals surface area contributed by atoms with E-state index in [9.17, 15) is 8.78 Å². The van der Waals surface area contributed by atoms with E-state index in [0.717, 1.165) is 50.5 Å². The van der Waals surface area contributed by atoms with Crippen LogP contribution in [-0.4, -0.2) is 56.3 Å². The van der Waals surface area contributed by atoms with Gasteiger partial charge in [-0.05, 0) is 70.9 Å². The van der Waals surface area contributed by atoms with Gasteiger partial charge < -0.3 is 25.0 Å². The summed E-state index contributed by atoms with van der Waals surface area (Å²) in [7, 11) is 0. The fraction of sp³-hybridized carbons (Fsp3) is 0.682. The number of ether oxygens (including phenoxy) is 2. The predicted octanol–water partition coefficient (Wildman–Crippen LogP) is 4.87. The Labute approximate surface area is 203 Å². The minimum Gasteiger partial charge on any atom is -0.490 e. The lowest BCUT2D eigenvalue weighted by atomic mass is 10.2. The summed E-state index contributed by atoms with van der Waals surface area (Å²) >= 11 is 0. The van der Waals surface area contributed by atoms with E-state index in [1.807, 2.05) is 6.92 Å². The summed E-state index contributed by atoms with van der Waals surface area (Å²) in [5.41, 5.74) is 0.853. The molecule has 0 amide bonds. The first kappa shape index (κ1) is 29.6. The molecule has 6 nitrogen and oxygen atoms in total. The normalized spacial score (nSPS) is 12.5. The van der Waals surface area contributed by atoms with Gasteiger partial charge in [-0.25, -0.2) is 4.99 Å². The van der Waals surface area contributed by atoms with Crippen LogP contribution in [0.25, 0.3) is 0 Å². The molecule has 0 aliphatic heterocycles. The third kappa shape index (κ3) is 12.3. The van der Waals surface area contributed by atoms with E-state index < -0.39 is 6.61 Å². The van der Waals surface area contributed by atoms with E-state index in [4.69, 9.17) is 4.74 Å². The highest BCUT2D eigenvalue weighted by Crippen LogP contribution is 2.30. The molecule has 0 aliphatic carbocycles. The minimum atomic E-state index is -2.89. The van der Waals surface area contributed by atoms with Crippen molar-refractivity contribution in [1.29, 1.82) is 0 Å². The number of halogens is 3. The Bertz CT molecular complexity index is 632. The zero-order valence-corrected chi connectivity index (χ0v) is 21.7. The molecule has 9 heteroatoms. The van der Waals surface area contributed by atoms with Crippen LogP contribution in [0.1, 0.15) is 53.0 Å². The molecular weight excluding hydrogens is 517 g/mol. The molecule has 0 aromatic heterocycles. The largest absolute Gasteiger partial charge is 0.490 e. The number of aliphatic imine (C=N–C) groups is 1. The Morgan fingerprint density at radius 2 is 1.84 bits per heavy atom. The summed E-state index contributed by atoms with van der Waals surface area (Å²) in [6.07, 6.45) is 2.17. The highest BCUT2D eigenvalue weighted by molar-refractivity contribution is 14.0. The van der Waals surface area contributed by atoms with Crippen molar-refractivity contribution in [3.63, 3.8) is 0 Å². The lowest BCUT2D eigenvalue weighted by Gasteiger charge is -2.21. The SMILES string of the molecule is CCNC(=NCc1ccc(OC(F)F)c(OCC)c1)NC(C)CCCN(CC)CC.I. The highest BCUT2D eigenvalue weighted by atomic mass is 127. The van der Waals surface area contributed by atoms with Gasteiger partial charge in [0.15, 0.2) is 17.5 Å². The summed E-state index contributed by atoms with van der Waals surface area (Å²) < 4.78 is 35.1. The molecular formula is C22H39F2IN4O2. The minimum absolute atomic E-state index is 0. The Morgan fingerprint density at radius 3 is 2.42 bits per heavy atom. The monoisotopic (exact) mass is 556 g/mol. The topological polar surface area (TPSA) is 58.1 Å². The van der Waals surface area contributed by atoms with E-state index in [0.29, 0.717) is 24.9 Å². The summed E-state index contributed by atoms with van der Waals surface area (Å²) in [6, 6.07) is 5.21. The molecule has 180 valence electrons. The fourth-order valence-electron chi connectivity index (χ4n) is 3.07. The molecule has 0 radical (unpaired) electrons. The average Bonchev–Trinajstić information content (AvgIpc) is 2.71. The quantitative estimate of drug-likeness (QED) is 0.195. The molecule has 0 spiro atoms. The van der Waals surface area contributed by atoms with Crippen LogP contribution in [0, 0.1) is 0 Å². The molecule has 1 rings (SSSR count). The van der Waals surface area contributed by atoms with Crippen molar-refractivity contribution < 1.29 is 18.3 Å². The Hall–Kier alpha value is -1.36. The summed E-state index contributed by atoms with van der Waals surface area (Å²) in [6.45, 7) is 12.2. The van der Waals surface area contributed by atoms with Gasteiger partial charge in [0, 0.05) is 12.6 Å². The van der Waals surface area contributed by atoms with Crippen LogP contribution in [0.15, 0.2) is 23.2 Å². The fourth-order valence-corrected chi connectivity index (χ4v) is 3.07. The second kappa shape index (κ2) is 17.2. The van der Waals surface area contributed by atoms with Crippen LogP contribution in [0.2, 0.25) is 0 Å². The van der Waals surface area contributed by atoms with Gasteiger partial charge in [0.2, 0.25) is 0 Å². The first-order chi connectivity index (χ1) is 14.4. The van der Waals surface area contributed by atoms with Crippen molar-refractivity contribution >= 4 is 29.9 Å². The van der Waals surface area contributed by atoms with Crippen molar-refractivity contribution in [3.05, 3.63) is 23.8 Å². The first-order valence-electron chi connectivity index (χ1n) is 10.9. The summed E-state index contributed by atoms with van der Waals surface area (Å²) in [4.78, 5) is 7.05. The molecule has 0 heterocycles. The van der Waals surface area contributed by atoms with Crippen molar-refractivity contribution in [2.45, 2.75) is 66.7 Å². The van der Waals surface area contributed by atoms with E-state index in [1.54, 1.807) is 19.1 Å². The van der Waals surface area contributed by atoms with Gasteiger partial charge in [-0.15, -0.1) is 24.0 Å². The number of hydrogen-bond donors (Lipinski definition) is 2. The Kier molecular flexibility index (Phi) is 16.5. The standard InChI is InChI=1S/C22H38F2N4O2.HI/c1-6-25-22(27-17(5)11-10-14-28(7-2)8-3)26-16-18-12-13-19(30-21(23)24)20(15-18)29-9-4;/h12-13,15,17,21H,6-11,14,16H2,1-5H3,(H2,25,26,27);1H. The average molecular weight is 556 g/mol. The second-order valence-electron chi connectivity index (χ2n) is 7.00. The molecule has 0 fully saturated rings. The highest BCUT2D eigenvalue weighted by Gasteiger charge is 2.12. The van der Waals surface area contributed by atoms with E-state index in [-0.39, 0.29) is 29.7 Å². The molecule has 1 aromatic carbocycles. The van der Waals surface area contributed by atoms with Crippen LogP contribution in [0.4, 0.5) is 8.78 Å². The molecule has 0 saturated carbocycles. The molecule has 0 saturated heterocycles. The van der Waals surface area contributed by atoms with Crippen molar-refractivity contribution in [2.75, 3.05) is 32.8 Å². The molecule has 0 bridgehead atoms. The third-order valence-electron chi connectivity index (χ3n) is 4.68. The van der Waals surface area contributed by atoms with Crippen LogP contribution < -0.4 is 20.1 Å². The lowest BCUT2D eigenvalue weighted by Crippen LogP contribution is -2.42. The van der Waals surface area contributed by atoms with Gasteiger partial charge in [-0.3, -0.25) is 0 Å². The van der Waals surface area contributed by atoms with Gasteiger partial charge in [-0.2, -0.15) is 8.78 Å². The number of nitrogens with one attached hydrogen (secondary N) is 2. The number of nitrogens with zero attached hydrogens (tertiary/aromatic N) is 2. The van der Waals surface area contributed by atoms with Crippen LogP contribution in [0.5, 0.6) is 11.5 Å².